The van der Waals surface area contributed by atoms with Crippen molar-refractivity contribution in [3.8, 4) is 0 Å². The third kappa shape index (κ3) is 4.65. The molecule has 1 unspecified atom stereocenters. The second-order valence-corrected chi connectivity index (χ2v) is 4.66. The molecule has 0 radical (unpaired) electrons. The van der Waals surface area contributed by atoms with Crippen LogP contribution in [-0.4, -0.2) is 18.5 Å². The Hall–Kier alpha value is -2.26. The molecule has 21 heavy (non-hydrogen) atoms. The van der Waals surface area contributed by atoms with Gasteiger partial charge in [-0.15, -0.1) is 0 Å². The first-order valence-corrected chi connectivity index (χ1v) is 6.80. The van der Waals surface area contributed by atoms with Crippen molar-refractivity contribution < 1.29 is 13.9 Å². The quantitative estimate of drug-likeness (QED) is 0.746. The van der Waals surface area contributed by atoms with E-state index in [0.717, 1.165) is 5.56 Å². The van der Waals surface area contributed by atoms with Gasteiger partial charge in [-0.3, -0.25) is 4.79 Å². The zero-order valence-corrected chi connectivity index (χ0v) is 11.8. The first-order valence-electron chi connectivity index (χ1n) is 6.80. The van der Waals surface area contributed by atoms with Crippen LogP contribution in [0.3, 0.4) is 0 Å². The van der Waals surface area contributed by atoms with Gasteiger partial charge < -0.3 is 4.74 Å². The third-order valence-corrected chi connectivity index (χ3v) is 3.05. The number of ketones is 1. The van der Waals surface area contributed by atoms with E-state index in [1.807, 2.05) is 42.5 Å². The van der Waals surface area contributed by atoms with Crippen molar-refractivity contribution in [1.29, 1.82) is 0 Å². The fraction of sp³-hybridized carbons (Fsp3) is 0.167. The highest BCUT2D eigenvalue weighted by Gasteiger charge is 2.14. The normalized spacial score (nSPS) is 12.5. The first-order chi connectivity index (χ1) is 10.2. The lowest BCUT2D eigenvalue weighted by Gasteiger charge is -2.10. The molecule has 2 aromatic rings. The van der Waals surface area contributed by atoms with Crippen LogP contribution in [0, 0.1) is 5.82 Å². The minimum absolute atomic E-state index is 0.150. The predicted octanol–water partition coefficient (Wildman–Crippen LogP) is 4.13. The average molecular weight is 284 g/mol. The molecule has 0 amide bonds. The number of carbonyl (C=O) groups is 1. The molecule has 0 heterocycles. The molecule has 0 saturated carbocycles. The van der Waals surface area contributed by atoms with Gasteiger partial charge in [0.2, 0.25) is 0 Å². The monoisotopic (exact) mass is 284 g/mol. The van der Waals surface area contributed by atoms with Crippen molar-refractivity contribution in [1.82, 2.24) is 0 Å². The number of hydrogen-bond donors (Lipinski definition) is 0. The van der Waals surface area contributed by atoms with Gasteiger partial charge >= 0.3 is 0 Å². The van der Waals surface area contributed by atoms with Crippen LogP contribution in [-0.2, 0) is 4.74 Å². The Morgan fingerprint density at radius 1 is 1.14 bits per heavy atom. The van der Waals surface area contributed by atoms with Crippen molar-refractivity contribution in [3.63, 3.8) is 0 Å². The number of halogens is 1. The summed E-state index contributed by atoms with van der Waals surface area (Å²) in [6, 6.07) is 15.3. The maximum Gasteiger partial charge on any atom is 0.191 e. The molecule has 2 rings (SSSR count). The van der Waals surface area contributed by atoms with Crippen molar-refractivity contribution in [2.45, 2.75) is 13.0 Å². The number of Topliss-reactive ketones (excluding diaryl/α,β-unsaturated/α-hetero) is 1. The summed E-state index contributed by atoms with van der Waals surface area (Å²) in [5.41, 5.74) is 1.54. The highest BCUT2D eigenvalue weighted by atomic mass is 19.1. The Bertz CT molecular complexity index is 603. The van der Waals surface area contributed by atoms with Gasteiger partial charge in [-0.1, -0.05) is 42.5 Å². The number of carbonyl (C=O) groups excluding carboxylic acids is 1. The van der Waals surface area contributed by atoms with Gasteiger partial charge in [-0.25, -0.2) is 4.39 Å². The summed E-state index contributed by atoms with van der Waals surface area (Å²) in [6.07, 6.45) is 3.25. The SMILES string of the molecule is CC(OCC=Cc1ccccc1)C(=O)c1ccc(F)cc1. The van der Waals surface area contributed by atoms with E-state index in [1.165, 1.54) is 24.3 Å². The van der Waals surface area contributed by atoms with Crippen LogP contribution >= 0.6 is 0 Å². The lowest BCUT2D eigenvalue weighted by Crippen LogP contribution is -2.20. The van der Waals surface area contributed by atoms with Gasteiger partial charge in [-0.2, -0.15) is 0 Å². The highest BCUT2D eigenvalue weighted by molar-refractivity contribution is 5.99. The predicted molar refractivity (Wildman–Crippen MR) is 81.6 cm³/mol. The minimum atomic E-state index is -0.559. The number of hydrogen-bond acceptors (Lipinski definition) is 2. The molecule has 0 aliphatic carbocycles. The molecule has 0 N–H and O–H groups in total. The Morgan fingerprint density at radius 2 is 1.81 bits per heavy atom. The molecule has 0 bridgehead atoms. The molecule has 2 aromatic carbocycles. The van der Waals surface area contributed by atoms with E-state index in [2.05, 4.69) is 0 Å². The molecule has 0 aromatic heterocycles. The van der Waals surface area contributed by atoms with E-state index in [9.17, 15) is 9.18 Å². The zero-order valence-electron chi connectivity index (χ0n) is 11.8. The molecule has 0 spiro atoms. The molecular weight excluding hydrogens is 267 g/mol. The number of benzene rings is 2. The summed E-state index contributed by atoms with van der Waals surface area (Å²) in [6.45, 7) is 2.05. The highest BCUT2D eigenvalue weighted by Crippen LogP contribution is 2.08. The average Bonchev–Trinajstić information content (AvgIpc) is 2.52. The molecule has 1 atom stereocenters. The summed E-state index contributed by atoms with van der Waals surface area (Å²) in [7, 11) is 0. The molecular formula is C18H17FO2. The van der Waals surface area contributed by atoms with E-state index in [-0.39, 0.29) is 11.6 Å². The second-order valence-electron chi connectivity index (χ2n) is 4.66. The third-order valence-electron chi connectivity index (χ3n) is 3.05. The standard InChI is InChI=1S/C18H17FO2/c1-14(18(20)16-9-11-17(19)12-10-16)21-13-5-8-15-6-3-2-4-7-15/h2-12,14H,13H2,1H3. The van der Waals surface area contributed by atoms with Gasteiger partial charge in [-0.05, 0) is 36.8 Å². The molecule has 0 saturated heterocycles. The molecule has 2 nitrogen and oxygen atoms in total. The van der Waals surface area contributed by atoms with Crippen molar-refractivity contribution in [2.24, 2.45) is 0 Å². The summed E-state index contributed by atoms with van der Waals surface area (Å²) < 4.78 is 18.3. The van der Waals surface area contributed by atoms with E-state index in [1.54, 1.807) is 6.92 Å². The fourth-order valence-corrected chi connectivity index (χ4v) is 1.87. The smallest absolute Gasteiger partial charge is 0.191 e. The summed E-state index contributed by atoms with van der Waals surface area (Å²) in [5.74, 6) is -0.506. The van der Waals surface area contributed by atoms with Crippen molar-refractivity contribution >= 4 is 11.9 Å². The van der Waals surface area contributed by atoms with Crippen molar-refractivity contribution in [3.05, 3.63) is 77.6 Å². The van der Waals surface area contributed by atoms with Crippen LogP contribution in [0.15, 0.2) is 60.7 Å². The van der Waals surface area contributed by atoms with Crippen LogP contribution < -0.4 is 0 Å². The number of ether oxygens (including phenoxy) is 1. The van der Waals surface area contributed by atoms with Crippen molar-refractivity contribution in [2.75, 3.05) is 6.61 Å². The Morgan fingerprint density at radius 3 is 2.48 bits per heavy atom. The topological polar surface area (TPSA) is 26.3 Å². The van der Waals surface area contributed by atoms with Crippen LogP contribution in [0.25, 0.3) is 6.08 Å². The minimum Gasteiger partial charge on any atom is -0.366 e. The van der Waals surface area contributed by atoms with E-state index < -0.39 is 6.10 Å². The van der Waals surface area contributed by atoms with Gasteiger partial charge in [0.25, 0.3) is 0 Å². The Kier molecular flexibility index (Phi) is 5.41. The van der Waals surface area contributed by atoms with Gasteiger partial charge in [0.15, 0.2) is 5.78 Å². The van der Waals surface area contributed by atoms with Gasteiger partial charge in [0.1, 0.15) is 11.9 Å². The molecule has 108 valence electrons. The van der Waals surface area contributed by atoms with E-state index in [0.29, 0.717) is 12.2 Å². The van der Waals surface area contributed by atoms with E-state index >= 15 is 0 Å². The zero-order chi connectivity index (χ0) is 15.1. The Labute approximate surface area is 123 Å². The number of rotatable bonds is 6. The maximum atomic E-state index is 12.8. The lowest BCUT2D eigenvalue weighted by molar-refractivity contribution is 0.0567. The fourth-order valence-electron chi connectivity index (χ4n) is 1.87. The van der Waals surface area contributed by atoms with Gasteiger partial charge in [0, 0.05) is 5.56 Å². The lowest BCUT2D eigenvalue weighted by atomic mass is 10.1. The summed E-state index contributed by atoms with van der Waals surface area (Å²) in [5, 5.41) is 0. The summed E-state index contributed by atoms with van der Waals surface area (Å²) >= 11 is 0. The maximum absolute atomic E-state index is 12.8. The van der Waals surface area contributed by atoms with Crippen LogP contribution in [0.2, 0.25) is 0 Å². The molecule has 3 heteroatoms. The molecule has 0 fully saturated rings. The Balaban J connectivity index is 1.84. The first kappa shape index (κ1) is 15.1. The molecule has 0 aliphatic rings. The second kappa shape index (κ2) is 7.50. The van der Waals surface area contributed by atoms with E-state index in [4.69, 9.17) is 4.74 Å². The van der Waals surface area contributed by atoms with Gasteiger partial charge in [0.05, 0.1) is 6.61 Å². The van der Waals surface area contributed by atoms with Crippen LogP contribution in [0.5, 0.6) is 0 Å². The van der Waals surface area contributed by atoms with Crippen LogP contribution in [0.4, 0.5) is 4.39 Å². The molecule has 0 aliphatic heterocycles. The van der Waals surface area contributed by atoms with Crippen LogP contribution in [0.1, 0.15) is 22.8 Å². The summed E-state index contributed by atoms with van der Waals surface area (Å²) in [4.78, 5) is 12.0. The largest absolute Gasteiger partial charge is 0.366 e.